The highest BCUT2D eigenvalue weighted by Gasteiger charge is 2.31. The summed E-state index contributed by atoms with van der Waals surface area (Å²) in [6.45, 7) is 3.34. The molecular weight excluding hydrogens is 360 g/mol. The van der Waals surface area contributed by atoms with Gasteiger partial charge in [0.2, 0.25) is 10.0 Å². The molecule has 2 aliphatic heterocycles. The van der Waals surface area contributed by atoms with E-state index in [0.29, 0.717) is 18.7 Å². The Morgan fingerprint density at radius 2 is 2.00 bits per heavy atom. The van der Waals surface area contributed by atoms with E-state index >= 15 is 0 Å². The summed E-state index contributed by atoms with van der Waals surface area (Å²) in [5.74, 6) is 0.959. The van der Waals surface area contributed by atoms with Gasteiger partial charge in [0, 0.05) is 19.1 Å². The summed E-state index contributed by atoms with van der Waals surface area (Å²) in [5, 5.41) is 0. The quantitative estimate of drug-likeness (QED) is 0.769. The van der Waals surface area contributed by atoms with Gasteiger partial charge in [-0.1, -0.05) is 12.1 Å². The maximum absolute atomic E-state index is 12.1. The molecule has 0 amide bonds. The molecule has 1 aromatic rings. The van der Waals surface area contributed by atoms with Gasteiger partial charge in [-0.05, 0) is 50.4 Å². The van der Waals surface area contributed by atoms with E-state index in [-0.39, 0.29) is 23.5 Å². The summed E-state index contributed by atoms with van der Waals surface area (Å²) in [5.41, 5.74) is 1.77. The highest BCUT2D eigenvalue weighted by molar-refractivity contribution is 7.93. The minimum Gasteiger partial charge on any atom is -0.299 e. The van der Waals surface area contributed by atoms with Crippen molar-refractivity contribution < 1.29 is 16.8 Å². The molecule has 2 unspecified atom stereocenters. The van der Waals surface area contributed by atoms with Gasteiger partial charge in [0.1, 0.15) is 0 Å². The van der Waals surface area contributed by atoms with Crippen molar-refractivity contribution in [2.75, 3.05) is 41.7 Å². The van der Waals surface area contributed by atoms with Crippen molar-refractivity contribution in [3.05, 3.63) is 29.8 Å². The summed E-state index contributed by atoms with van der Waals surface area (Å²) >= 11 is 0. The molecule has 2 heterocycles. The predicted octanol–water partition coefficient (Wildman–Crippen LogP) is 1.65. The predicted molar refractivity (Wildman–Crippen MR) is 100.0 cm³/mol. The topological polar surface area (TPSA) is 74.8 Å². The first-order chi connectivity index (χ1) is 11.7. The van der Waals surface area contributed by atoms with Crippen LogP contribution in [-0.2, 0) is 19.9 Å². The number of sulfonamides is 1. The largest absolute Gasteiger partial charge is 0.299 e. The molecule has 0 aromatic heterocycles. The van der Waals surface area contributed by atoms with Gasteiger partial charge in [0.25, 0.3) is 0 Å². The molecule has 0 aliphatic carbocycles. The Balaban J connectivity index is 1.72. The highest BCUT2D eigenvalue weighted by atomic mass is 32.2. The smallest absolute Gasteiger partial charge is 0.235 e. The van der Waals surface area contributed by atoms with Crippen LogP contribution in [0.1, 0.15) is 31.4 Å². The first kappa shape index (κ1) is 18.7. The van der Waals surface area contributed by atoms with Gasteiger partial charge < -0.3 is 0 Å². The molecule has 140 valence electrons. The van der Waals surface area contributed by atoms with Gasteiger partial charge in [-0.2, -0.15) is 0 Å². The molecule has 0 N–H and O–H groups in total. The molecule has 0 radical (unpaired) electrons. The third kappa shape index (κ3) is 4.17. The Morgan fingerprint density at radius 1 is 1.24 bits per heavy atom. The first-order valence-electron chi connectivity index (χ1n) is 8.69. The minimum absolute atomic E-state index is 0.0913. The monoisotopic (exact) mass is 386 g/mol. The van der Waals surface area contributed by atoms with Crippen molar-refractivity contribution in [2.24, 2.45) is 5.92 Å². The Labute approximate surface area is 150 Å². The van der Waals surface area contributed by atoms with Crippen LogP contribution in [0, 0.1) is 5.92 Å². The van der Waals surface area contributed by atoms with E-state index < -0.39 is 19.9 Å². The van der Waals surface area contributed by atoms with Crippen LogP contribution in [0.15, 0.2) is 24.3 Å². The molecule has 0 bridgehead atoms. The lowest BCUT2D eigenvalue weighted by molar-refractivity contribution is 0.228. The Hall–Kier alpha value is -1.12. The fraction of sp³-hybridized carbons (Fsp3) is 0.647. The van der Waals surface area contributed by atoms with E-state index in [0.717, 1.165) is 24.2 Å². The van der Waals surface area contributed by atoms with Crippen LogP contribution < -0.4 is 4.31 Å². The van der Waals surface area contributed by atoms with Gasteiger partial charge in [0.05, 0.1) is 22.9 Å². The Morgan fingerprint density at radius 3 is 2.60 bits per heavy atom. The normalized spacial score (nSPS) is 26.2. The van der Waals surface area contributed by atoms with Gasteiger partial charge >= 0.3 is 0 Å². The van der Waals surface area contributed by atoms with Crippen LogP contribution in [-0.4, -0.2) is 59.1 Å². The molecule has 2 saturated heterocycles. The average molecular weight is 387 g/mol. The zero-order valence-corrected chi connectivity index (χ0v) is 16.4. The Bertz CT molecular complexity index is 836. The molecular formula is C17H26N2O4S2. The van der Waals surface area contributed by atoms with Crippen molar-refractivity contribution in [1.82, 2.24) is 4.90 Å². The maximum atomic E-state index is 12.1. The fourth-order valence-corrected chi connectivity index (χ4v) is 7.11. The fourth-order valence-electron chi connectivity index (χ4n) is 3.71. The van der Waals surface area contributed by atoms with Crippen molar-refractivity contribution in [1.29, 1.82) is 0 Å². The van der Waals surface area contributed by atoms with Crippen LogP contribution in [0.3, 0.4) is 0 Å². The number of nitrogens with zero attached hydrogens (tertiary/aromatic N) is 2. The van der Waals surface area contributed by atoms with E-state index in [1.165, 1.54) is 4.31 Å². The zero-order valence-electron chi connectivity index (χ0n) is 14.8. The summed E-state index contributed by atoms with van der Waals surface area (Å²) in [6, 6.07) is 7.76. The average Bonchev–Trinajstić information content (AvgIpc) is 3.07. The lowest BCUT2D eigenvalue weighted by Gasteiger charge is -2.28. The van der Waals surface area contributed by atoms with Gasteiger partial charge in [0.15, 0.2) is 9.84 Å². The Kier molecular flexibility index (Phi) is 5.14. The van der Waals surface area contributed by atoms with Crippen LogP contribution >= 0.6 is 0 Å². The second-order valence-electron chi connectivity index (χ2n) is 7.22. The number of sulfone groups is 1. The number of benzene rings is 1. The standard InChI is InChI=1S/C17H26N2O4S2/c1-14(18(2)12-15-7-10-24(20,21)13-15)16-5-3-6-17(11-16)19-8-4-9-25(19,22)23/h3,5-6,11,14-15H,4,7-10,12-13H2,1-2H3. The maximum Gasteiger partial charge on any atom is 0.235 e. The van der Waals surface area contributed by atoms with Gasteiger partial charge in [-0.25, -0.2) is 16.8 Å². The molecule has 0 saturated carbocycles. The van der Waals surface area contributed by atoms with Crippen LogP contribution in [0.2, 0.25) is 0 Å². The number of anilines is 1. The summed E-state index contributed by atoms with van der Waals surface area (Å²) < 4.78 is 49.0. The molecule has 0 spiro atoms. The van der Waals surface area contributed by atoms with E-state index in [4.69, 9.17) is 0 Å². The molecule has 2 atom stereocenters. The van der Waals surface area contributed by atoms with Gasteiger partial charge in [-0.3, -0.25) is 9.21 Å². The van der Waals surface area contributed by atoms with Crippen molar-refractivity contribution in [3.8, 4) is 0 Å². The summed E-state index contributed by atoms with van der Waals surface area (Å²) in [4.78, 5) is 2.16. The summed E-state index contributed by atoms with van der Waals surface area (Å²) in [7, 11) is -4.05. The molecule has 3 rings (SSSR count). The van der Waals surface area contributed by atoms with Crippen molar-refractivity contribution in [2.45, 2.75) is 25.8 Å². The first-order valence-corrected chi connectivity index (χ1v) is 12.1. The third-order valence-electron chi connectivity index (χ3n) is 5.27. The van der Waals surface area contributed by atoms with Crippen molar-refractivity contribution in [3.63, 3.8) is 0 Å². The molecule has 8 heteroatoms. The zero-order chi connectivity index (χ0) is 18.2. The molecule has 2 aliphatic rings. The van der Waals surface area contributed by atoms with Gasteiger partial charge in [-0.15, -0.1) is 0 Å². The van der Waals surface area contributed by atoms with Crippen LogP contribution in [0.5, 0.6) is 0 Å². The summed E-state index contributed by atoms with van der Waals surface area (Å²) in [6.07, 6.45) is 1.39. The number of rotatable bonds is 5. The SMILES string of the molecule is CC(c1cccc(N2CCCS2(=O)=O)c1)N(C)CC1CCS(=O)(=O)C1. The molecule has 6 nitrogen and oxygen atoms in total. The van der Waals surface area contributed by atoms with Crippen molar-refractivity contribution >= 4 is 25.5 Å². The van der Waals surface area contributed by atoms with E-state index in [9.17, 15) is 16.8 Å². The molecule has 25 heavy (non-hydrogen) atoms. The van der Waals surface area contributed by atoms with E-state index in [1.54, 1.807) is 0 Å². The minimum atomic E-state index is -3.18. The molecule has 2 fully saturated rings. The number of hydrogen-bond acceptors (Lipinski definition) is 5. The lowest BCUT2D eigenvalue weighted by Crippen LogP contribution is -2.29. The second-order valence-corrected chi connectivity index (χ2v) is 11.5. The van der Waals surface area contributed by atoms with E-state index in [2.05, 4.69) is 11.8 Å². The number of hydrogen-bond donors (Lipinski definition) is 0. The van der Waals surface area contributed by atoms with Crippen LogP contribution in [0.25, 0.3) is 0 Å². The lowest BCUT2D eigenvalue weighted by atomic mass is 10.0. The van der Waals surface area contributed by atoms with E-state index in [1.807, 2.05) is 31.3 Å². The van der Waals surface area contributed by atoms with Crippen LogP contribution in [0.4, 0.5) is 5.69 Å². The third-order valence-corrected chi connectivity index (χ3v) is 8.98. The molecule has 1 aromatic carbocycles. The highest BCUT2D eigenvalue weighted by Crippen LogP contribution is 2.29. The second kappa shape index (κ2) is 6.89.